The first kappa shape index (κ1) is 16.6. The summed E-state index contributed by atoms with van der Waals surface area (Å²) in [6.07, 6.45) is 4.63. The van der Waals surface area contributed by atoms with Gasteiger partial charge < -0.3 is 5.73 Å². The van der Waals surface area contributed by atoms with Gasteiger partial charge >= 0.3 is 0 Å². The number of benzene rings is 1. The number of hydrogen-bond acceptors (Lipinski definition) is 4. The topological polar surface area (TPSA) is 69.6 Å². The van der Waals surface area contributed by atoms with Crippen molar-refractivity contribution in [1.29, 1.82) is 0 Å². The second-order valence-corrected chi connectivity index (χ2v) is 6.06. The Bertz CT molecular complexity index is 844. The quantitative estimate of drug-likeness (QED) is 0.778. The van der Waals surface area contributed by atoms with E-state index in [1.165, 1.54) is 0 Å². The van der Waals surface area contributed by atoms with Gasteiger partial charge in [0.25, 0.3) is 0 Å². The van der Waals surface area contributed by atoms with Gasteiger partial charge in [-0.3, -0.25) is 4.68 Å². The van der Waals surface area contributed by atoms with E-state index in [4.69, 9.17) is 15.7 Å². The second-order valence-electron chi connectivity index (χ2n) is 6.06. The molecule has 4 rings (SSSR count). The molecule has 0 saturated carbocycles. The predicted octanol–water partition coefficient (Wildman–Crippen LogP) is 2.78. The average molecular weight is 342 g/mol. The zero-order chi connectivity index (χ0) is 15.8. The summed E-state index contributed by atoms with van der Waals surface area (Å²) < 4.78 is 1.80. The molecule has 3 aromatic rings. The van der Waals surface area contributed by atoms with E-state index in [1.807, 2.05) is 49.6 Å². The molecule has 0 fully saturated rings. The molecule has 5 nitrogen and oxygen atoms in total. The Morgan fingerprint density at radius 1 is 1.12 bits per heavy atom. The van der Waals surface area contributed by atoms with Gasteiger partial charge in [0.05, 0.1) is 5.69 Å². The SMILES string of the molecule is Cl.Cn1ccc(-c2nc(-c3ccccc3)nc3c2CC(N)CC3)n1. The second kappa shape index (κ2) is 6.71. The van der Waals surface area contributed by atoms with Gasteiger partial charge in [0, 0.05) is 36.1 Å². The van der Waals surface area contributed by atoms with Gasteiger partial charge in [0.2, 0.25) is 0 Å². The van der Waals surface area contributed by atoms with Crippen molar-refractivity contribution in [3.63, 3.8) is 0 Å². The van der Waals surface area contributed by atoms with Crippen LogP contribution >= 0.6 is 12.4 Å². The van der Waals surface area contributed by atoms with E-state index in [2.05, 4.69) is 5.10 Å². The maximum absolute atomic E-state index is 6.17. The van der Waals surface area contributed by atoms with Crippen LogP contribution in [-0.2, 0) is 19.9 Å². The largest absolute Gasteiger partial charge is 0.327 e. The maximum atomic E-state index is 6.17. The molecule has 6 heteroatoms. The molecule has 1 atom stereocenters. The van der Waals surface area contributed by atoms with Gasteiger partial charge in [0.15, 0.2) is 5.82 Å². The molecule has 0 aliphatic heterocycles. The third-order valence-corrected chi connectivity index (χ3v) is 4.30. The molecule has 2 heterocycles. The van der Waals surface area contributed by atoms with Crippen molar-refractivity contribution in [3.05, 3.63) is 53.9 Å². The molecule has 1 aliphatic carbocycles. The van der Waals surface area contributed by atoms with Crippen LogP contribution in [0.15, 0.2) is 42.6 Å². The minimum absolute atomic E-state index is 0. The molecule has 0 saturated heterocycles. The van der Waals surface area contributed by atoms with E-state index in [0.717, 1.165) is 53.3 Å². The van der Waals surface area contributed by atoms with Crippen molar-refractivity contribution in [2.75, 3.05) is 0 Å². The van der Waals surface area contributed by atoms with E-state index in [1.54, 1.807) is 4.68 Å². The van der Waals surface area contributed by atoms with E-state index in [-0.39, 0.29) is 18.4 Å². The fraction of sp³-hybridized carbons (Fsp3) is 0.278. The molecule has 1 aliphatic rings. The van der Waals surface area contributed by atoms with Crippen molar-refractivity contribution in [2.24, 2.45) is 12.8 Å². The Kier molecular flexibility index (Phi) is 4.64. The first-order valence-corrected chi connectivity index (χ1v) is 7.91. The minimum atomic E-state index is 0. The summed E-state index contributed by atoms with van der Waals surface area (Å²) in [5.74, 6) is 0.764. The highest BCUT2D eigenvalue weighted by Crippen LogP contribution is 2.30. The fourth-order valence-electron chi connectivity index (χ4n) is 3.11. The molecular formula is C18H20ClN5. The molecule has 1 aromatic carbocycles. The van der Waals surface area contributed by atoms with Crippen LogP contribution in [0.1, 0.15) is 17.7 Å². The highest BCUT2D eigenvalue weighted by atomic mass is 35.5. The molecule has 0 radical (unpaired) electrons. The molecule has 124 valence electrons. The standard InChI is InChI=1S/C18H19N5.ClH/c1-23-10-9-16(22-23)17-14-11-13(19)7-8-15(14)20-18(21-17)12-5-3-2-4-6-12;/h2-6,9-10,13H,7-8,11,19H2,1H3;1H. The molecule has 2 aromatic heterocycles. The van der Waals surface area contributed by atoms with Crippen LogP contribution in [0, 0.1) is 0 Å². The Labute approximate surface area is 147 Å². The van der Waals surface area contributed by atoms with Crippen LogP contribution in [0.5, 0.6) is 0 Å². The van der Waals surface area contributed by atoms with Crippen LogP contribution in [-0.4, -0.2) is 25.8 Å². The van der Waals surface area contributed by atoms with Crippen molar-refractivity contribution >= 4 is 12.4 Å². The summed E-state index contributed by atoms with van der Waals surface area (Å²) in [5.41, 5.74) is 11.3. The van der Waals surface area contributed by atoms with Crippen LogP contribution in [0.3, 0.4) is 0 Å². The number of fused-ring (bicyclic) bond motifs is 1. The number of hydrogen-bond donors (Lipinski definition) is 1. The number of nitrogens with zero attached hydrogens (tertiary/aromatic N) is 4. The van der Waals surface area contributed by atoms with E-state index in [9.17, 15) is 0 Å². The number of aromatic nitrogens is 4. The van der Waals surface area contributed by atoms with Gasteiger partial charge in [0.1, 0.15) is 5.69 Å². The highest BCUT2D eigenvalue weighted by molar-refractivity contribution is 5.85. The summed E-state index contributed by atoms with van der Waals surface area (Å²) >= 11 is 0. The molecule has 0 spiro atoms. The molecule has 0 bridgehead atoms. The summed E-state index contributed by atoms with van der Waals surface area (Å²) in [6.45, 7) is 0. The number of halogens is 1. The summed E-state index contributed by atoms with van der Waals surface area (Å²) in [4.78, 5) is 9.64. The lowest BCUT2D eigenvalue weighted by Gasteiger charge is -2.23. The monoisotopic (exact) mass is 341 g/mol. The first-order chi connectivity index (χ1) is 11.2. The van der Waals surface area contributed by atoms with E-state index < -0.39 is 0 Å². The minimum Gasteiger partial charge on any atom is -0.327 e. The molecule has 1 unspecified atom stereocenters. The van der Waals surface area contributed by atoms with E-state index >= 15 is 0 Å². The summed E-state index contributed by atoms with van der Waals surface area (Å²) in [6, 6.07) is 12.3. The lowest BCUT2D eigenvalue weighted by molar-refractivity contribution is 0.565. The number of aryl methyl sites for hydroxylation is 2. The van der Waals surface area contributed by atoms with Crippen molar-refractivity contribution < 1.29 is 0 Å². The lowest BCUT2D eigenvalue weighted by Crippen LogP contribution is -2.29. The van der Waals surface area contributed by atoms with Gasteiger partial charge in [-0.25, -0.2) is 9.97 Å². The van der Waals surface area contributed by atoms with Crippen molar-refractivity contribution in [1.82, 2.24) is 19.7 Å². The molecular weight excluding hydrogens is 322 g/mol. The van der Waals surface area contributed by atoms with Crippen LogP contribution < -0.4 is 5.73 Å². The maximum Gasteiger partial charge on any atom is 0.160 e. The lowest BCUT2D eigenvalue weighted by atomic mass is 9.90. The van der Waals surface area contributed by atoms with E-state index in [0.29, 0.717) is 0 Å². The van der Waals surface area contributed by atoms with Gasteiger partial charge in [-0.15, -0.1) is 12.4 Å². The van der Waals surface area contributed by atoms with Gasteiger partial charge in [-0.05, 0) is 25.3 Å². The Hall–Kier alpha value is -2.24. The first-order valence-electron chi connectivity index (χ1n) is 7.91. The van der Waals surface area contributed by atoms with Crippen LogP contribution in [0.4, 0.5) is 0 Å². The third kappa shape index (κ3) is 3.05. The van der Waals surface area contributed by atoms with Crippen molar-refractivity contribution in [2.45, 2.75) is 25.3 Å². The number of rotatable bonds is 2. The predicted molar refractivity (Wildman–Crippen MR) is 96.9 cm³/mol. The van der Waals surface area contributed by atoms with Gasteiger partial charge in [-0.1, -0.05) is 30.3 Å². The van der Waals surface area contributed by atoms with Crippen molar-refractivity contribution in [3.8, 4) is 22.8 Å². The normalized spacial score (nSPS) is 16.3. The fourth-order valence-corrected chi connectivity index (χ4v) is 3.11. The smallest absolute Gasteiger partial charge is 0.160 e. The van der Waals surface area contributed by atoms with Crippen LogP contribution in [0.2, 0.25) is 0 Å². The van der Waals surface area contributed by atoms with Gasteiger partial charge in [-0.2, -0.15) is 5.10 Å². The number of nitrogens with two attached hydrogens (primary N) is 1. The average Bonchev–Trinajstić information content (AvgIpc) is 3.01. The summed E-state index contributed by atoms with van der Waals surface area (Å²) in [7, 11) is 1.92. The highest BCUT2D eigenvalue weighted by Gasteiger charge is 2.24. The Morgan fingerprint density at radius 2 is 1.92 bits per heavy atom. The van der Waals surface area contributed by atoms with Crippen LogP contribution in [0.25, 0.3) is 22.8 Å². The summed E-state index contributed by atoms with van der Waals surface area (Å²) in [5, 5.41) is 4.53. The Morgan fingerprint density at radius 3 is 2.62 bits per heavy atom. The zero-order valence-corrected chi connectivity index (χ0v) is 14.3. The third-order valence-electron chi connectivity index (χ3n) is 4.30. The zero-order valence-electron chi connectivity index (χ0n) is 13.5. The molecule has 0 amide bonds. The molecule has 24 heavy (non-hydrogen) atoms. The Balaban J connectivity index is 0.00000169. The molecule has 2 N–H and O–H groups in total.